The number of benzene rings is 3. The van der Waals surface area contributed by atoms with Crippen molar-refractivity contribution in [2.45, 2.75) is 0 Å². The lowest BCUT2D eigenvalue weighted by Crippen LogP contribution is -2.08. The smallest absolute Gasteiger partial charge is 0.344 e. The van der Waals surface area contributed by atoms with Gasteiger partial charge in [-0.05, 0) is 48.5 Å². The molecule has 0 unspecified atom stereocenters. The number of nitro groups is 1. The van der Waals surface area contributed by atoms with Gasteiger partial charge in [-0.25, -0.2) is 4.79 Å². The topological polar surface area (TPSA) is 125 Å². The van der Waals surface area contributed by atoms with Crippen LogP contribution in [0.1, 0.15) is 5.76 Å². The molecule has 9 nitrogen and oxygen atoms in total. The summed E-state index contributed by atoms with van der Waals surface area (Å²) in [6, 6.07) is 23.3. The Morgan fingerprint density at radius 2 is 1.71 bits per heavy atom. The highest BCUT2D eigenvalue weighted by Crippen LogP contribution is 2.33. The highest BCUT2D eigenvalue weighted by molar-refractivity contribution is 6.02. The van der Waals surface area contributed by atoms with Crippen LogP contribution in [0.2, 0.25) is 0 Å². The summed E-state index contributed by atoms with van der Waals surface area (Å²) in [5.74, 6) is 0.614. The third-order valence-electron chi connectivity index (χ3n) is 5.79. The zero-order valence-electron chi connectivity index (χ0n) is 20.0. The average Bonchev–Trinajstić information content (AvgIpc) is 3.40. The highest BCUT2D eigenvalue weighted by Gasteiger charge is 2.17. The van der Waals surface area contributed by atoms with Crippen LogP contribution in [0.25, 0.3) is 39.5 Å². The number of amides is 1. The van der Waals surface area contributed by atoms with E-state index in [1.165, 1.54) is 25.3 Å². The number of anilines is 1. The SMILES string of the molecule is COc1cc(NC(=O)/C=C/c2ccc(-c3ccccc3[N+](=O)[O-])o2)ccc1-c1cc2ccccc2oc1=O. The normalized spacial score (nSPS) is 11.1. The number of hydrogen-bond donors (Lipinski definition) is 1. The largest absolute Gasteiger partial charge is 0.496 e. The van der Waals surface area contributed by atoms with Crippen LogP contribution in [0.5, 0.6) is 5.75 Å². The number of carbonyl (C=O) groups is 1. The number of fused-ring (bicyclic) bond motifs is 1. The van der Waals surface area contributed by atoms with E-state index in [1.807, 2.05) is 12.1 Å². The standard InChI is InChI=1S/C29H20N2O7/c1-36-27-17-19(10-13-21(27)23-16-18-6-2-5-9-25(18)38-29(23)33)30-28(32)15-12-20-11-14-26(37-20)22-7-3-4-8-24(22)31(34)35/h2-17H,1H3,(H,30,32)/b15-12+. The van der Waals surface area contributed by atoms with Crippen molar-refractivity contribution in [3.05, 3.63) is 117 Å². The van der Waals surface area contributed by atoms with Gasteiger partial charge in [0.2, 0.25) is 5.91 Å². The number of nitro benzene ring substituents is 1. The average molecular weight is 508 g/mol. The van der Waals surface area contributed by atoms with Gasteiger partial charge >= 0.3 is 5.63 Å². The van der Waals surface area contributed by atoms with E-state index in [4.69, 9.17) is 13.6 Å². The zero-order valence-corrected chi connectivity index (χ0v) is 20.0. The molecule has 0 fully saturated rings. The van der Waals surface area contributed by atoms with Crippen molar-refractivity contribution < 1.29 is 23.3 Å². The maximum absolute atomic E-state index is 12.6. The van der Waals surface area contributed by atoms with E-state index in [-0.39, 0.29) is 5.69 Å². The molecule has 5 rings (SSSR count). The summed E-state index contributed by atoms with van der Waals surface area (Å²) in [6.45, 7) is 0. The first-order valence-corrected chi connectivity index (χ1v) is 11.5. The van der Waals surface area contributed by atoms with Crippen molar-refractivity contribution in [3.8, 4) is 28.2 Å². The minimum Gasteiger partial charge on any atom is -0.496 e. The molecule has 0 aliphatic rings. The monoisotopic (exact) mass is 508 g/mol. The predicted octanol–water partition coefficient (Wildman–Crippen LogP) is 6.29. The maximum Gasteiger partial charge on any atom is 0.344 e. The van der Waals surface area contributed by atoms with Crippen LogP contribution in [-0.2, 0) is 4.79 Å². The van der Waals surface area contributed by atoms with Crippen LogP contribution < -0.4 is 15.7 Å². The fourth-order valence-electron chi connectivity index (χ4n) is 4.01. The number of rotatable bonds is 7. The van der Waals surface area contributed by atoms with Gasteiger partial charge in [-0.1, -0.05) is 30.3 Å². The Balaban J connectivity index is 1.33. The van der Waals surface area contributed by atoms with Gasteiger partial charge in [-0.3, -0.25) is 14.9 Å². The van der Waals surface area contributed by atoms with Crippen molar-refractivity contribution in [2.24, 2.45) is 0 Å². The Hall–Kier alpha value is -5.44. The third kappa shape index (κ3) is 4.93. The summed E-state index contributed by atoms with van der Waals surface area (Å²) in [6.07, 6.45) is 2.74. The van der Waals surface area contributed by atoms with Crippen LogP contribution in [-0.4, -0.2) is 17.9 Å². The first kappa shape index (κ1) is 24.3. The van der Waals surface area contributed by atoms with Gasteiger partial charge in [-0.2, -0.15) is 0 Å². The van der Waals surface area contributed by atoms with Gasteiger partial charge in [0.25, 0.3) is 5.69 Å². The Morgan fingerprint density at radius 1 is 0.921 bits per heavy atom. The van der Waals surface area contributed by atoms with Crippen molar-refractivity contribution in [1.29, 1.82) is 0 Å². The molecule has 0 bridgehead atoms. The van der Waals surface area contributed by atoms with Gasteiger partial charge in [0.15, 0.2) is 0 Å². The van der Waals surface area contributed by atoms with Crippen LogP contribution in [0, 0.1) is 10.1 Å². The Morgan fingerprint density at radius 3 is 2.53 bits per heavy atom. The molecule has 0 aliphatic carbocycles. The molecule has 0 aliphatic heterocycles. The van der Waals surface area contributed by atoms with Crippen molar-refractivity contribution >= 4 is 34.3 Å². The molecule has 0 radical (unpaired) electrons. The molecule has 0 atom stereocenters. The highest BCUT2D eigenvalue weighted by atomic mass is 16.6. The molecule has 3 aromatic carbocycles. The van der Waals surface area contributed by atoms with Crippen molar-refractivity contribution in [2.75, 3.05) is 12.4 Å². The summed E-state index contributed by atoms with van der Waals surface area (Å²) in [5.41, 5.74) is 1.57. The van der Waals surface area contributed by atoms with Crippen LogP contribution in [0.3, 0.4) is 0 Å². The molecule has 1 N–H and O–H groups in total. The molecule has 0 saturated heterocycles. The van der Waals surface area contributed by atoms with E-state index in [1.54, 1.807) is 66.7 Å². The van der Waals surface area contributed by atoms with Gasteiger partial charge in [0, 0.05) is 34.8 Å². The molecule has 5 aromatic rings. The lowest BCUT2D eigenvalue weighted by molar-refractivity contribution is -0.384. The van der Waals surface area contributed by atoms with Crippen LogP contribution >= 0.6 is 0 Å². The van der Waals surface area contributed by atoms with Gasteiger partial charge < -0.3 is 18.9 Å². The Kier molecular flexibility index (Phi) is 6.56. The second-order valence-electron chi connectivity index (χ2n) is 8.20. The third-order valence-corrected chi connectivity index (χ3v) is 5.79. The summed E-state index contributed by atoms with van der Waals surface area (Å²) in [4.78, 5) is 35.9. The molecule has 0 saturated carbocycles. The lowest BCUT2D eigenvalue weighted by Gasteiger charge is -2.11. The fourth-order valence-corrected chi connectivity index (χ4v) is 4.01. The van der Waals surface area contributed by atoms with E-state index >= 15 is 0 Å². The summed E-state index contributed by atoms with van der Waals surface area (Å²) in [5, 5.41) is 14.8. The molecule has 2 heterocycles. The fraction of sp³-hybridized carbons (Fsp3) is 0.0345. The second-order valence-corrected chi connectivity index (χ2v) is 8.20. The molecule has 1 amide bonds. The van der Waals surface area contributed by atoms with E-state index in [9.17, 15) is 19.7 Å². The first-order chi connectivity index (χ1) is 18.4. The van der Waals surface area contributed by atoms with Crippen LogP contribution in [0.15, 0.2) is 105 Å². The van der Waals surface area contributed by atoms with E-state index in [0.29, 0.717) is 45.2 Å². The number of hydrogen-bond acceptors (Lipinski definition) is 7. The number of nitrogens with zero attached hydrogens (tertiary/aromatic N) is 1. The van der Waals surface area contributed by atoms with Crippen molar-refractivity contribution in [3.63, 3.8) is 0 Å². The number of para-hydroxylation sites is 2. The van der Waals surface area contributed by atoms with E-state index < -0.39 is 16.5 Å². The molecular weight excluding hydrogens is 488 g/mol. The van der Waals surface area contributed by atoms with Gasteiger partial charge in [-0.15, -0.1) is 0 Å². The van der Waals surface area contributed by atoms with Crippen LogP contribution in [0.4, 0.5) is 11.4 Å². The summed E-state index contributed by atoms with van der Waals surface area (Å²) < 4.78 is 16.6. The molecule has 0 spiro atoms. The van der Waals surface area contributed by atoms with Gasteiger partial charge in [0.1, 0.15) is 22.9 Å². The Labute approximate surface area is 215 Å². The van der Waals surface area contributed by atoms with E-state index in [2.05, 4.69) is 5.32 Å². The minimum absolute atomic E-state index is 0.0750. The zero-order chi connectivity index (χ0) is 26.6. The lowest BCUT2D eigenvalue weighted by atomic mass is 10.0. The number of nitrogens with one attached hydrogen (secondary N) is 1. The summed E-state index contributed by atoms with van der Waals surface area (Å²) >= 11 is 0. The van der Waals surface area contributed by atoms with E-state index in [0.717, 1.165) is 5.39 Å². The maximum atomic E-state index is 12.6. The number of furan rings is 1. The second kappa shape index (κ2) is 10.3. The number of methoxy groups -OCH3 is 1. The molecule has 188 valence electrons. The van der Waals surface area contributed by atoms with Crippen molar-refractivity contribution in [1.82, 2.24) is 0 Å². The first-order valence-electron chi connectivity index (χ1n) is 11.5. The quantitative estimate of drug-likeness (QED) is 0.119. The summed E-state index contributed by atoms with van der Waals surface area (Å²) in [7, 11) is 1.47. The minimum atomic E-state index is -0.500. The Bertz CT molecular complexity index is 1760. The van der Waals surface area contributed by atoms with Gasteiger partial charge in [0.05, 0.1) is 23.2 Å². The molecule has 9 heteroatoms. The molecule has 2 aromatic heterocycles. The number of carbonyl (C=O) groups excluding carboxylic acids is 1. The predicted molar refractivity (Wildman–Crippen MR) is 143 cm³/mol. The molecule has 38 heavy (non-hydrogen) atoms. The number of ether oxygens (including phenoxy) is 1. The molecular formula is C29H20N2O7.